The molecule has 0 saturated carbocycles. The first-order chi connectivity index (χ1) is 4.97. The van der Waals surface area contributed by atoms with Crippen LogP contribution in [-0.4, -0.2) is 24.1 Å². The fraction of sp³-hybridized carbons (Fsp3) is 0.286. The van der Waals surface area contributed by atoms with Gasteiger partial charge in [0.25, 0.3) is 0 Å². The Kier molecular flexibility index (Phi) is 1.20. The van der Waals surface area contributed by atoms with Crippen LogP contribution in [0.4, 0.5) is 0 Å². The lowest BCUT2D eigenvalue weighted by Gasteiger charge is -2.14. The predicted molar refractivity (Wildman–Crippen MR) is 40.9 cm³/mol. The van der Waals surface area contributed by atoms with Crippen LogP contribution in [0.5, 0.6) is 0 Å². The molecule has 0 spiro atoms. The number of rotatable bonds is 1. The van der Waals surface area contributed by atoms with Crippen LogP contribution in [0.3, 0.4) is 0 Å². The van der Waals surface area contributed by atoms with Crippen LogP contribution in [0.1, 0.15) is 0 Å². The molecule has 1 aromatic rings. The van der Waals surface area contributed by atoms with Gasteiger partial charge in [-0.1, -0.05) is 0 Å². The maximum absolute atomic E-state index is 4.10. The Labute approximate surface area is 59.6 Å². The van der Waals surface area contributed by atoms with E-state index in [1.54, 1.807) is 0 Å². The summed E-state index contributed by atoms with van der Waals surface area (Å²) in [6, 6.07) is 4.01. The topological polar surface area (TPSA) is 20.5 Å². The third kappa shape index (κ3) is 0.795. The molecule has 0 saturated heterocycles. The molecule has 0 bridgehead atoms. The fourth-order valence-electron chi connectivity index (χ4n) is 1.04. The molecule has 10 heavy (non-hydrogen) atoms. The van der Waals surface area contributed by atoms with Crippen LogP contribution in [-0.2, 0) is 0 Å². The molecule has 3 heteroatoms. The monoisotopic (exact) mass is 135 g/mol. The molecule has 0 aliphatic carbocycles. The third-order valence-electron chi connectivity index (χ3n) is 1.56. The average molecular weight is 135 g/mol. The van der Waals surface area contributed by atoms with Crippen molar-refractivity contribution in [1.82, 2.24) is 4.68 Å². The van der Waals surface area contributed by atoms with E-state index in [2.05, 4.69) is 10.0 Å². The molecule has 0 N–H and O–H groups in total. The zero-order valence-electron chi connectivity index (χ0n) is 5.64. The largest absolute Gasteiger partial charge is 0.272 e. The molecule has 0 unspecified atom stereocenters. The lowest BCUT2D eigenvalue weighted by Crippen LogP contribution is -2.29. The summed E-state index contributed by atoms with van der Waals surface area (Å²) >= 11 is 0. The van der Waals surface area contributed by atoms with E-state index in [4.69, 9.17) is 0 Å². The van der Waals surface area contributed by atoms with E-state index in [-0.39, 0.29) is 0 Å². The Morgan fingerprint density at radius 2 is 2.00 bits per heavy atom. The molecule has 0 amide bonds. The Morgan fingerprint density at radius 1 is 1.20 bits per heavy atom. The lowest BCUT2D eigenvalue weighted by molar-refractivity contribution is 0.758. The van der Waals surface area contributed by atoms with Crippen molar-refractivity contribution in [1.29, 1.82) is 0 Å². The molecule has 0 aromatic carbocycles. The first kappa shape index (κ1) is 5.53. The van der Waals surface area contributed by atoms with E-state index < -0.39 is 0 Å². The fourth-order valence-corrected chi connectivity index (χ4v) is 1.04. The summed E-state index contributed by atoms with van der Waals surface area (Å²) in [5.41, 5.74) is 0. The van der Waals surface area contributed by atoms with E-state index >= 15 is 0 Å². The Balaban J connectivity index is 2.20. The van der Waals surface area contributed by atoms with Crippen LogP contribution < -0.4 is 5.01 Å². The standard InChI is InChI=1S/C7H9N3/c1-2-5-9(4-1)10-6-3-8-7-10/h1-2,4-5,7H,3,6H2. The lowest BCUT2D eigenvalue weighted by atomic mass is 10.7. The van der Waals surface area contributed by atoms with Crippen molar-refractivity contribution in [3.8, 4) is 0 Å². The van der Waals surface area contributed by atoms with Crippen molar-refractivity contribution in [2.45, 2.75) is 0 Å². The van der Waals surface area contributed by atoms with Crippen molar-refractivity contribution in [3.05, 3.63) is 24.5 Å². The maximum atomic E-state index is 4.10. The second kappa shape index (κ2) is 2.17. The van der Waals surface area contributed by atoms with Crippen molar-refractivity contribution in [2.75, 3.05) is 18.1 Å². The van der Waals surface area contributed by atoms with E-state index in [1.165, 1.54) is 0 Å². The number of aliphatic imine (C=N–C) groups is 1. The van der Waals surface area contributed by atoms with Gasteiger partial charge in [-0.05, 0) is 12.1 Å². The SMILES string of the molecule is C1=NCCN1n1cccc1. The number of aromatic nitrogens is 1. The zero-order chi connectivity index (χ0) is 6.81. The van der Waals surface area contributed by atoms with Crippen molar-refractivity contribution < 1.29 is 0 Å². The minimum absolute atomic E-state index is 0.915. The van der Waals surface area contributed by atoms with Gasteiger partial charge < -0.3 is 0 Å². The summed E-state index contributed by atoms with van der Waals surface area (Å²) in [6.07, 6.45) is 5.88. The zero-order valence-corrected chi connectivity index (χ0v) is 5.64. The first-order valence-electron chi connectivity index (χ1n) is 3.37. The van der Waals surface area contributed by atoms with Gasteiger partial charge in [-0.25, -0.2) is 0 Å². The van der Waals surface area contributed by atoms with E-state index in [0.29, 0.717) is 0 Å². The maximum Gasteiger partial charge on any atom is 0.104 e. The summed E-state index contributed by atoms with van der Waals surface area (Å²) in [7, 11) is 0. The first-order valence-corrected chi connectivity index (χ1v) is 3.37. The molecular formula is C7H9N3. The number of hydrogen-bond acceptors (Lipinski definition) is 2. The number of nitrogens with zero attached hydrogens (tertiary/aromatic N) is 3. The molecule has 1 aliphatic rings. The summed E-state index contributed by atoms with van der Waals surface area (Å²) in [5, 5.41) is 2.07. The molecule has 0 radical (unpaired) electrons. The highest BCUT2D eigenvalue weighted by Crippen LogP contribution is 1.95. The second-order valence-corrected chi connectivity index (χ2v) is 2.25. The summed E-state index contributed by atoms with van der Waals surface area (Å²) in [4.78, 5) is 4.10. The molecule has 3 nitrogen and oxygen atoms in total. The molecule has 52 valence electrons. The van der Waals surface area contributed by atoms with Gasteiger partial charge in [0, 0.05) is 12.4 Å². The van der Waals surface area contributed by atoms with Crippen molar-refractivity contribution >= 4 is 6.34 Å². The number of hydrogen-bond donors (Lipinski definition) is 0. The molecule has 1 aromatic heterocycles. The van der Waals surface area contributed by atoms with Crippen molar-refractivity contribution in [3.63, 3.8) is 0 Å². The highest BCUT2D eigenvalue weighted by atomic mass is 15.6. The Bertz CT molecular complexity index is 225. The molecule has 0 atom stereocenters. The third-order valence-corrected chi connectivity index (χ3v) is 1.56. The van der Waals surface area contributed by atoms with E-state index in [9.17, 15) is 0 Å². The molecular weight excluding hydrogens is 126 g/mol. The molecule has 0 fully saturated rings. The van der Waals surface area contributed by atoms with Gasteiger partial charge in [0.1, 0.15) is 6.34 Å². The highest BCUT2D eigenvalue weighted by molar-refractivity contribution is 5.69. The van der Waals surface area contributed by atoms with Crippen LogP contribution >= 0.6 is 0 Å². The molecule has 2 heterocycles. The minimum atomic E-state index is 0.915. The highest BCUT2D eigenvalue weighted by Gasteiger charge is 2.03. The second-order valence-electron chi connectivity index (χ2n) is 2.25. The van der Waals surface area contributed by atoms with Crippen LogP contribution in [0.15, 0.2) is 29.5 Å². The van der Waals surface area contributed by atoms with Gasteiger partial charge in [0.15, 0.2) is 0 Å². The quantitative estimate of drug-likeness (QED) is 0.548. The molecule has 2 rings (SSSR count). The average Bonchev–Trinajstić information content (AvgIpc) is 2.59. The summed E-state index contributed by atoms with van der Waals surface area (Å²) in [5.74, 6) is 0. The van der Waals surface area contributed by atoms with E-state index in [0.717, 1.165) is 13.1 Å². The normalized spacial score (nSPS) is 16.6. The van der Waals surface area contributed by atoms with Gasteiger partial charge in [-0.15, -0.1) is 0 Å². The summed E-state index contributed by atoms with van der Waals surface area (Å²) < 4.78 is 2.02. The van der Waals surface area contributed by atoms with Gasteiger partial charge in [0.2, 0.25) is 0 Å². The van der Waals surface area contributed by atoms with Gasteiger partial charge in [-0.2, -0.15) is 0 Å². The predicted octanol–water partition coefficient (Wildman–Crippen LogP) is 0.468. The Hall–Kier alpha value is -1.25. The molecule has 1 aliphatic heterocycles. The Morgan fingerprint density at radius 3 is 2.60 bits per heavy atom. The van der Waals surface area contributed by atoms with Gasteiger partial charge >= 0.3 is 0 Å². The smallest absolute Gasteiger partial charge is 0.104 e. The van der Waals surface area contributed by atoms with Crippen LogP contribution in [0.2, 0.25) is 0 Å². The van der Waals surface area contributed by atoms with Crippen LogP contribution in [0, 0.1) is 0 Å². The van der Waals surface area contributed by atoms with Gasteiger partial charge in [-0.3, -0.25) is 14.7 Å². The van der Waals surface area contributed by atoms with Crippen LogP contribution in [0.25, 0.3) is 0 Å². The minimum Gasteiger partial charge on any atom is -0.272 e. The summed E-state index contributed by atoms with van der Waals surface area (Å²) in [6.45, 7) is 1.91. The van der Waals surface area contributed by atoms with Gasteiger partial charge in [0.05, 0.1) is 13.1 Å². The van der Waals surface area contributed by atoms with E-state index in [1.807, 2.05) is 35.5 Å². The van der Waals surface area contributed by atoms with Crippen molar-refractivity contribution in [2.24, 2.45) is 4.99 Å².